The summed E-state index contributed by atoms with van der Waals surface area (Å²) in [5.74, 6) is -4.92. The molecule has 0 aliphatic carbocycles. The number of unbranched alkanes of at least 4 members (excludes halogenated alkanes) is 2. The van der Waals surface area contributed by atoms with Gasteiger partial charge in [0.1, 0.15) is 68.3 Å². The van der Waals surface area contributed by atoms with E-state index in [2.05, 4.69) is 101 Å². The van der Waals surface area contributed by atoms with Gasteiger partial charge in [-0.05, 0) is 120 Å². The van der Waals surface area contributed by atoms with Crippen molar-refractivity contribution in [1.82, 2.24) is 15.1 Å². The average Bonchev–Trinajstić information content (AvgIpc) is 3.63. The summed E-state index contributed by atoms with van der Waals surface area (Å²) in [6.07, 6.45) is 0.823. The molecule has 24 nitrogen and oxygen atoms in total. The van der Waals surface area contributed by atoms with Gasteiger partial charge in [-0.1, -0.05) is 98.4 Å². The molecule has 1 amide bonds. The van der Waals surface area contributed by atoms with Crippen LogP contribution in [0.1, 0.15) is 114 Å². The molecule has 1 N–H and O–H groups in total. The van der Waals surface area contributed by atoms with Gasteiger partial charge in [-0.2, -0.15) is 0 Å². The molecule has 0 saturated carbocycles. The second-order valence-electron chi connectivity index (χ2n) is 20.2. The molecule has 5 atom stereocenters. The lowest BCUT2D eigenvalue weighted by Crippen LogP contribution is -2.44. The van der Waals surface area contributed by atoms with Crippen molar-refractivity contribution in [2.24, 2.45) is 16.2 Å². The van der Waals surface area contributed by atoms with Gasteiger partial charge >= 0.3 is 54.2 Å². The first-order valence-electron chi connectivity index (χ1n) is 27.6. The molecule has 476 valence electrons. The number of hydrogen-bond donors (Lipinski definition) is 1. The second-order valence-corrected chi connectivity index (χ2v) is 22.2. The largest absolute Gasteiger partial charge is 0.509 e. The Bertz CT molecular complexity index is 2110. The zero-order valence-corrected chi connectivity index (χ0v) is 55.0. The Labute approximate surface area is 516 Å². The highest BCUT2D eigenvalue weighted by Gasteiger charge is 2.43. The van der Waals surface area contributed by atoms with Crippen molar-refractivity contribution in [3.63, 3.8) is 0 Å². The molecule has 1 heterocycles. The number of nitrogens with zero attached hydrogens (tertiary/aromatic N) is 2. The summed E-state index contributed by atoms with van der Waals surface area (Å²) in [4.78, 5) is 124. The number of rotatable bonds is 34. The van der Waals surface area contributed by atoms with E-state index in [1.165, 1.54) is 46.7 Å². The number of cyclic esters (lactones) is 2. The molecule has 1 aromatic carbocycles. The normalized spacial score (nSPS) is 14.8. The van der Waals surface area contributed by atoms with Gasteiger partial charge in [0.15, 0.2) is 12.2 Å². The number of ether oxygens (including phenoxy) is 11. The predicted octanol–water partition coefficient (Wildman–Crippen LogP) is 8.30. The number of benzene rings is 1. The number of carbonyl (C=O) groups is 10. The molecule has 0 bridgehead atoms. The fraction of sp³-hybridized carbons (Fsp3) is 0.714. The molecule has 0 radical (unpaired) electrons. The number of halogens is 3. The predicted molar refractivity (Wildman–Crippen MR) is 316 cm³/mol. The van der Waals surface area contributed by atoms with Gasteiger partial charge < -0.3 is 67.2 Å². The molecule has 83 heavy (non-hydrogen) atoms. The van der Waals surface area contributed by atoms with E-state index in [4.69, 9.17) is 44.0 Å². The number of nitrogens with one attached hydrogen (secondary N) is 1. The van der Waals surface area contributed by atoms with Crippen LogP contribution in [0.3, 0.4) is 0 Å². The molecule has 5 unspecified atom stereocenters. The van der Waals surface area contributed by atoms with Crippen molar-refractivity contribution in [3.8, 4) is 0 Å². The lowest BCUT2D eigenvalue weighted by atomic mass is 9.93. The van der Waals surface area contributed by atoms with Gasteiger partial charge in [0.25, 0.3) is 0 Å². The van der Waals surface area contributed by atoms with Crippen molar-refractivity contribution in [3.05, 3.63) is 35.9 Å². The van der Waals surface area contributed by atoms with E-state index < -0.39 is 114 Å². The molecule has 1 aliphatic rings. The Hall–Kier alpha value is -5.12. The van der Waals surface area contributed by atoms with E-state index in [1.54, 1.807) is 37.3 Å². The summed E-state index contributed by atoms with van der Waals surface area (Å²) in [6.45, 7) is 12.7. The van der Waals surface area contributed by atoms with Crippen molar-refractivity contribution < 1.29 is 101 Å². The fourth-order valence-electron chi connectivity index (χ4n) is 5.81. The van der Waals surface area contributed by atoms with Crippen LogP contribution >= 0.6 is 47.8 Å². The highest BCUT2D eigenvalue weighted by atomic mass is 79.9. The first-order chi connectivity index (χ1) is 39.5. The van der Waals surface area contributed by atoms with Crippen LogP contribution < -0.4 is 5.32 Å². The Morgan fingerprint density at radius 1 is 0.675 bits per heavy atom. The maximum Gasteiger partial charge on any atom is 0.509 e. The molecule has 1 saturated heterocycles. The van der Waals surface area contributed by atoms with Crippen LogP contribution in [0.25, 0.3) is 0 Å². The third-order valence-electron chi connectivity index (χ3n) is 11.0. The maximum atomic E-state index is 13.1. The van der Waals surface area contributed by atoms with Gasteiger partial charge in [0.05, 0.1) is 18.5 Å². The number of alkyl halides is 3. The fourth-order valence-corrected chi connectivity index (χ4v) is 6.50. The number of ketones is 1. The van der Waals surface area contributed by atoms with Crippen LogP contribution in [0, 0.1) is 16.2 Å². The lowest BCUT2D eigenvalue weighted by molar-refractivity contribution is -0.178. The highest BCUT2D eigenvalue weighted by molar-refractivity contribution is 9.09. The SMILES string of the molecule is CC1(C(=O)OCCCBr)COC(=O)OC1.CCCCNC(=O)OCC(C)(COC(=O)C(C)OC(=O)C(C)OC(=O)OCC(C)(COC(C)=O)C(=O)OCCCBr)C(=O)OCc1ccccc1.CN(C)CCCCN(C)C.[3H]C(Br)C(=O)CCC. The molecule has 27 heteroatoms. The molecule has 0 spiro atoms. The summed E-state index contributed by atoms with van der Waals surface area (Å²) >= 11 is 9.30. The topological polar surface area (TPSA) is 291 Å². The molecule has 1 aromatic rings. The minimum Gasteiger partial charge on any atom is -0.465 e. The number of carbonyl (C=O) groups excluding carboxylic acids is 10. The van der Waals surface area contributed by atoms with E-state index in [1.807, 2.05) is 13.8 Å². The first kappa shape index (κ1) is 77.9. The molecular weight excluding hydrogens is 1290 g/mol. The van der Waals surface area contributed by atoms with E-state index in [0.717, 1.165) is 44.9 Å². The van der Waals surface area contributed by atoms with Crippen LogP contribution in [0.5, 0.6) is 0 Å². The Kier molecular flexibility index (Phi) is 43.4. The number of alkyl carbamates (subject to hydrolysis) is 1. The maximum absolute atomic E-state index is 13.1. The Morgan fingerprint density at radius 3 is 1.67 bits per heavy atom. The summed E-state index contributed by atoms with van der Waals surface area (Å²) in [7, 11) is 8.48. The van der Waals surface area contributed by atoms with E-state index in [-0.39, 0.29) is 32.2 Å². The Balaban J connectivity index is 0. The molecular formula is C56H90Br3N3O21. The average molecular weight is 1380 g/mol. The summed E-state index contributed by atoms with van der Waals surface area (Å²) in [5.41, 5.74) is -3.39. The smallest absolute Gasteiger partial charge is 0.465 e. The monoisotopic (exact) mass is 1380 g/mol. The van der Waals surface area contributed by atoms with E-state index in [9.17, 15) is 47.9 Å². The van der Waals surface area contributed by atoms with Crippen molar-refractivity contribution in [1.29, 1.82) is 0 Å². The van der Waals surface area contributed by atoms with E-state index >= 15 is 0 Å². The van der Waals surface area contributed by atoms with Crippen molar-refractivity contribution >= 4 is 108 Å². The summed E-state index contributed by atoms with van der Waals surface area (Å²) in [5, 5.41) is 3.21. The van der Waals surface area contributed by atoms with Crippen LogP contribution in [0.15, 0.2) is 30.3 Å². The quantitative estimate of drug-likeness (QED) is 0.0293. The van der Waals surface area contributed by atoms with Crippen LogP contribution in [0.4, 0.5) is 14.4 Å². The molecule has 1 fully saturated rings. The third-order valence-corrected chi connectivity index (χ3v) is 12.6. The third kappa shape index (κ3) is 39.2. The van der Waals surface area contributed by atoms with Gasteiger partial charge in [0, 0.05) is 31.9 Å². The number of amides is 1. The first-order valence-corrected chi connectivity index (χ1v) is 30.2. The second kappa shape index (κ2) is 46.2. The van der Waals surface area contributed by atoms with Crippen molar-refractivity contribution in [2.75, 3.05) is 117 Å². The van der Waals surface area contributed by atoms with Crippen LogP contribution in [-0.4, -0.2) is 199 Å². The van der Waals surface area contributed by atoms with Crippen molar-refractivity contribution in [2.45, 2.75) is 126 Å². The molecule has 2 rings (SSSR count). The van der Waals surface area contributed by atoms with Crippen LogP contribution in [0.2, 0.25) is 0 Å². The van der Waals surface area contributed by atoms with Gasteiger partial charge in [-0.3, -0.25) is 24.0 Å². The summed E-state index contributed by atoms with van der Waals surface area (Å²) < 4.78 is 62.2. The Morgan fingerprint density at radius 2 is 1.18 bits per heavy atom. The molecule has 0 aromatic heterocycles. The number of esters is 6. The van der Waals surface area contributed by atoms with Gasteiger partial charge in [-0.25, -0.2) is 24.0 Å². The van der Waals surface area contributed by atoms with Crippen LogP contribution in [-0.2, 0) is 92.3 Å². The zero-order valence-electron chi connectivity index (χ0n) is 51.3. The minimum absolute atomic E-state index is 0.0129. The standard InChI is InChI=1S/C34H48BrNO15.C9H13BrO5.C8H20N2.C5H9BrO/c1-7-8-16-36-31(42)48-21-34(6,30(41)45-18-26-13-10-9-11-14-26)20-47-27(38)23(2)50-28(39)24(3)51-32(43)49-22-33(5,19-46-25(4)37)29(40)44-17-12-15-35;1-9(5-14-8(12)15-6-9)7(11)13-4-2-3-10;1-9(2)7-5-6-8-10(3)4;1-2-3-5(7)4-6/h9-11,13-14,23-24H,7-8,12,15-22H2,1-6H3,(H,36,42);2-6H2,1H3;5-8H2,1-4H3;2-4H2,1H3/i;;;4T. The zero-order chi connectivity index (χ0) is 64.3. The molecule has 1 aliphatic heterocycles. The van der Waals surface area contributed by atoms with E-state index in [0.29, 0.717) is 36.9 Å². The highest BCUT2D eigenvalue weighted by Crippen LogP contribution is 2.25. The van der Waals surface area contributed by atoms with Gasteiger partial charge in [-0.15, -0.1) is 0 Å². The lowest BCUT2D eigenvalue weighted by Gasteiger charge is -2.29. The number of hydrogen-bond acceptors (Lipinski definition) is 23. The van der Waals surface area contributed by atoms with Gasteiger partial charge in [0.2, 0.25) is 0 Å². The minimum atomic E-state index is -1.64. The number of Topliss-reactive ketones (excluding diaryl/α,β-unsaturated/α-hetero) is 1. The summed E-state index contributed by atoms with van der Waals surface area (Å²) in [6, 6.07) is 8.82.